The first-order valence-electron chi connectivity index (χ1n) is 6.97. The van der Waals surface area contributed by atoms with E-state index >= 15 is 0 Å². The van der Waals surface area contributed by atoms with Gasteiger partial charge in [0.15, 0.2) is 0 Å². The highest BCUT2D eigenvalue weighted by Gasteiger charge is 2.25. The molecule has 0 aliphatic carbocycles. The van der Waals surface area contributed by atoms with Crippen molar-refractivity contribution in [3.63, 3.8) is 0 Å². The van der Waals surface area contributed by atoms with E-state index in [9.17, 15) is 9.90 Å². The van der Waals surface area contributed by atoms with E-state index in [0.29, 0.717) is 24.0 Å². The average Bonchev–Trinajstić information content (AvgIpc) is 2.43. The minimum absolute atomic E-state index is 0.0978. The summed E-state index contributed by atoms with van der Waals surface area (Å²) in [5.41, 5.74) is 1.74. The second-order valence-electron chi connectivity index (χ2n) is 5.45. The van der Waals surface area contributed by atoms with E-state index in [2.05, 4.69) is 5.32 Å². The smallest absolute Gasteiger partial charge is 0.321 e. The summed E-state index contributed by atoms with van der Waals surface area (Å²) < 4.78 is 0. The summed E-state index contributed by atoms with van der Waals surface area (Å²) in [6.45, 7) is 5.11. The van der Waals surface area contributed by atoms with E-state index in [1.807, 2.05) is 19.9 Å². The van der Waals surface area contributed by atoms with Gasteiger partial charge in [-0.25, -0.2) is 4.79 Å². The fraction of sp³-hybridized carbons (Fsp3) is 0.533. The summed E-state index contributed by atoms with van der Waals surface area (Å²) in [5, 5.41) is 13.1. The molecule has 1 aromatic carbocycles. The Hall–Kier alpha value is -1.26. The van der Waals surface area contributed by atoms with Gasteiger partial charge in [0.2, 0.25) is 0 Å². The third-order valence-electron chi connectivity index (χ3n) is 3.95. The summed E-state index contributed by atoms with van der Waals surface area (Å²) in [5.74, 6) is 0.298. The predicted octanol–water partition coefficient (Wildman–Crippen LogP) is 3.27. The molecule has 0 radical (unpaired) electrons. The molecular weight excluding hydrogens is 276 g/mol. The van der Waals surface area contributed by atoms with Crippen molar-refractivity contribution in [1.82, 2.24) is 4.90 Å². The van der Waals surface area contributed by atoms with Crippen LogP contribution >= 0.6 is 11.6 Å². The van der Waals surface area contributed by atoms with Gasteiger partial charge in [-0.15, -0.1) is 0 Å². The molecule has 4 nitrogen and oxygen atoms in total. The zero-order valence-electron chi connectivity index (χ0n) is 11.9. The Kier molecular flexibility index (Phi) is 4.89. The van der Waals surface area contributed by atoms with Crippen molar-refractivity contribution < 1.29 is 9.90 Å². The van der Waals surface area contributed by atoms with Crippen molar-refractivity contribution in [3.8, 4) is 0 Å². The van der Waals surface area contributed by atoms with E-state index in [0.717, 1.165) is 24.1 Å². The van der Waals surface area contributed by atoms with Crippen molar-refractivity contribution in [1.29, 1.82) is 0 Å². The number of piperidine rings is 1. The first kappa shape index (κ1) is 15.1. The minimum atomic E-state index is -0.296. The van der Waals surface area contributed by atoms with Gasteiger partial charge in [-0.2, -0.15) is 0 Å². The van der Waals surface area contributed by atoms with Crippen molar-refractivity contribution in [2.75, 3.05) is 18.4 Å². The van der Waals surface area contributed by atoms with E-state index in [4.69, 9.17) is 11.6 Å². The van der Waals surface area contributed by atoms with Gasteiger partial charge >= 0.3 is 6.03 Å². The number of nitrogens with zero attached hydrogens (tertiary/aromatic N) is 1. The van der Waals surface area contributed by atoms with E-state index < -0.39 is 0 Å². The van der Waals surface area contributed by atoms with Crippen LogP contribution in [-0.4, -0.2) is 35.2 Å². The van der Waals surface area contributed by atoms with Gasteiger partial charge in [-0.1, -0.05) is 17.7 Å². The molecular formula is C15H21ClN2O2. The number of urea groups is 1. The standard InChI is InChI=1S/C15H21ClN2O2/c1-10-3-4-13(16)9-14(10)17-15(20)18-7-5-12(6-8-18)11(2)19/h3-4,9,11-12,19H,5-8H2,1-2H3,(H,17,20). The molecule has 1 aliphatic rings. The first-order chi connectivity index (χ1) is 9.47. The Morgan fingerprint density at radius 3 is 2.70 bits per heavy atom. The number of likely N-dealkylation sites (tertiary alicyclic amines) is 1. The van der Waals surface area contributed by atoms with E-state index in [1.165, 1.54) is 0 Å². The monoisotopic (exact) mass is 296 g/mol. The van der Waals surface area contributed by atoms with Crippen molar-refractivity contribution in [2.45, 2.75) is 32.8 Å². The van der Waals surface area contributed by atoms with Gasteiger partial charge in [0.25, 0.3) is 0 Å². The fourth-order valence-corrected chi connectivity index (χ4v) is 2.68. The molecule has 5 heteroatoms. The molecule has 1 heterocycles. The summed E-state index contributed by atoms with van der Waals surface area (Å²) in [6, 6.07) is 5.36. The van der Waals surface area contributed by atoms with Crippen molar-refractivity contribution >= 4 is 23.3 Å². The maximum Gasteiger partial charge on any atom is 0.321 e. The summed E-state index contributed by atoms with van der Waals surface area (Å²) in [7, 11) is 0. The Labute approximate surface area is 124 Å². The van der Waals surface area contributed by atoms with Crippen LogP contribution in [-0.2, 0) is 0 Å². The molecule has 1 unspecified atom stereocenters. The molecule has 0 spiro atoms. The molecule has 20 heavy (non-hydrogen) atoms. The number of hydrogen-bond acceptors (Lipinski definition) is 2. The number of aliphatic hydroxyl groups excluding tert-OH is 1. The zero-order chi connectivity index (χ0) is 14.7. The molecule has 0 saturated carbocycles. The van der Waals surface area contributed by atoms with Crippen LogP contribution in [0.1, 0.15) is 25.3 Å². The van der Waals surface area contributed by atoms with Crippen LogP contribution in [0, 0.1) is 12.8 Å². The molecule has 2 N–H and O–H groups in total. The first-order valence-corrected chi connectivity index (χ1v) is 7.35. The normalized spacial score (nSPS) is 17.9. The summed E-state index contributed by atoms with van der Waals surface area (Å²) in [4.78, 5) is 14.0. The number of aryl methyl sites for hydroxylation is 1. The van der Waals surface area contributed by atoms with Crippen LogP contribution in [0.2, 0.25) is 5.02 Å². The van der Waals surface area contributed by atoms with E-state index in [1.54, 1.807) is 17.0 Å². The number of carbonyl (C=O) groups excluding carboxylic acids is 1. The SMILES string of the molecule is Cc1ccc(Cl)cc1NC(=O)N1CCC(C(C)O)CC1. The number of anilines is 1. The summed E-state index contributed by atoms with van der Waals surface area (Å²) >= 11 is 5.95. The second-order valence-corrected chi connectivity index (χ2v) is 5.89. The number of hydrogen-bond donors (Lipinski definition) is 2. The highest BCUT2D eigenvalue weighted by molar-refractivity contribution is 6.31. The molecule has 0 aromatic heterocycles. The molecule has 110 valence electrons. The fourth-order valence-electron chi connectivity index (χ4n) is 2.51. The van der Waals surface area contributed by atoms with Gasteiger partial charge in [-0.05, 0) is 50.3 Å². The molecule has 1 fully saturated rings. The average molecular weight is 297 g/mol. The number of carbonyl (C=O) groups is 1. The number of amides is 2. The molecule has 2 amide bonds. The van der Waals surface area contributed by atoms with Crippen LogP contribution in [0.15, 0.2) is 18.2 Å². The molecule has 1 atom stereocenters. The maximum absolute atomic E-state index is 12.2. The third kappa shape index (κ3) is 3.64. The van der Waals surface area contributed by atoms with Gasteiger partial charge in [-0.3, -0.25) is 0 Å². The summed E-state index contributed by atoms with van der Waals surface area (Å²) in [6.07, 6.45) is 1.40. The van der Waals surface area contributed by atoms with Gasteiger partial charge in [0.05, 0.1) is 6.10 Å². The lowest BCUT2D eigenvalue weighted by molar-refractivity contribution is 0.0820. The van der Waals surface area contributed by atoms with Crippen LogP contribution in [0.3, 0.4) is 0 Å². The zero-order valence-corrected chi connectivity index (χ0v) is 12.7. The van der Waals surface area contributed by atoms with Crippen molar-refractivity contribution in [3.05, 3.63) is 28.8 Å². The Balaban J connectivity index is 1.94. The maximum atomic E-state index is 12.2. The Bertz CT molecular complexity index is 483. The van der Waals surface area contributed by atoms with Gasteiger partial charge in [0.1, 0.15) is 0 Å². The lowest BCUT2D eigenvalue weighted by Crippen LogP contribution is -2.42. The van der Waals surface area contributed by atoms with E-state index in [-0.39, 0.29) is 12.1 Å². The lowest BCUT2D eigenvalue weighted by Gasteiger charge is -2.33. The Morgan fingerprint density at radius 2 is 2.10 bits per heavy atom. The van der Waals surface area contributed by atoms with Crippen LogP contribution in [0.4, 0.5) is 10.5 Å². The van der Waals surface area contributed by atoms with Crippen LogP contribution < -0.4 is 5.32 Å². The number of aliphatic hydroxyl groups is 1. The lowest BCUT2D eigenvalue weighted by atomic mass is 9.92. The van der Waals surface area contributed by atoms with Crippen LogP contribution in [0.5, 0.6) is 0 Å². The highest BCUT2D eigenvalue weighted by atomic mass is 35.5. The predicted molar refractivity (Wildman–Crippen MR) is 81.2 cm³/mol. The Morgan fingerprint density at radius 1 is 1.45 bits per heavy atom. The minimum Gasteiger partial charge on any atom is -0.393 e. The highest BCUT2D eigenvalue weighted by Crippen LogP contribution is 2.23. The second kappa shape index (κ2) is 6.46. The van der Waals surface area contributed by atoms with Crippen LogP contribution in [0.25, 0.3) is 0 Å². The number of benzene rings is 1. The third-order valence-corrected chi connectivity index (χ3v) is 4.19. The van der Waals surface area contributed by atoms with Crippen molar-refractivity contribution in [2.24, 2.45) is 5.92 Å². The van der Waals surface area contributed by atoms with Gasteiger partial charge in [0, 0.05) is 23.8 Å². The number of halogens is 1. The molecule has 1 saturated heterocycles. The topological polar surface area (TPSA) is 52.6 Å². The molecule has 0 bridgehead atoms. The number of nitrogens with one attached hydrogen (secondary N) is 1. The van der Waals surface area contributed by atoms with Gasteiger partial charge < -0.3 is 15.3 Å². The number of rotatable bonds is 2. The molecule has 1 aromatic rings. The quantitative estimate of drug-likeness (QED) is 0.880. The largest absolute Gasteiger partial charge is 0.393 e. The molecule has 2 rings (SSSR count). The molecule has 1 aliphatic heterocycles.